The van der Waals surface area contributed by atoms with Gasteiger partial charge in [-0.2, -0.15) is 0 Å². The molecule has 24 heavy (non-hydrogen) atoms. The fraction of sp³-hybridized carbons (Fsp3) is 0.826. The van der Waals surface area contributed by atoms with Crippen molar-refractivity contribution in [1.29, 1.82) is 0 Å². The molecule has 0 spiro atoms. The summed E-state index contributed by atoms with van der Waals surface area (Å²) in [6.07, 6.45) is 8.82. The third-order valence-electron chi connectivity index (χ3n) is 6.54. The monoisotopic (exact) mass is 346 g/mol. The first kappa shape index (κ1) is 21.6. The minimum absolute atomic E-state index is 0.371. The molecule has 0 aliphatic heterocycles. The predicted molar refractivity (Wildman–Crippen MR) is 113 cm³/mol. The van der Waals surface area contributed by atoms with Gasteiger partial charge in [0.1, 0.15) is 0 Å². The van der Waals surface area contributed by atoms with Crippen LogP contribution in [0.25, 0.3) is 0 Å². The minimum atomic E-state index is -1.54. The average molecular weight is 347 g/mol. The van der Waals surface area contributed by atoms with Crippen LogP contribution in [0.5, 0.6) is 0 Å². The highest BCUT2D eigenvalue weighted by atomic mass is 28.3. The Morgan fingerprint density at radius 3 is 2.00 bits per heavy atom. The fourth-order valence-corrected chi connectivity index (χ4v) is 5.84. The lowest BCUT2D eigenvalue weighted by Gasteiger charge is -2.41. The lowest BCUT2D eigenvalue weighted by atomic mass is 9.71. The molecule has 1 rings (SSSR count). The maximum Gasteiger partial charge on any atom is 0.0966 e. The Bertz CT molecular complexity index is 487. The van der Waals surface area contributed by atoms with Gasteiger partial charge in [0.05, 0.1) is 8.07 Å². The number of hydrogen-bond donors (Lipinski definition) is 0. The van der Waals surface area contributed by atoms with Gasteiger partial charge >= 0.3 is 0 Å². The first-order valence-electron chi connectivity index (χ1n) is 10.1. The van der Waals surface area contributed by atoms with Gasteiger partial charge < -0.3 is 0 Å². The van der Waals surface area contributed by atoms with Crippen molar-refractivity contribution in [2.75, 3.05) is 0 Å². The zero-order valence-corrected chi connectivity index (χ0v) is 19.0. The van der Waals surface area contributed by atoms with Crippen LogP contribution in [0.15, 0.2) is 10.8 Å². The highest BCUT2D eigenvalue weighted by Gasteiger charge is 2.40. The van der Waals surface area contributed by atoms with Gasteiger partial charge in [0.15, 0.2) is 0 Å². The Balaban J connectivity index is 3.12. The number of unbranched alkanes of at least 4 members (excludes halogenated alkanes) is 2. The molecule has 0 amide bonds. The van der Waals surface area contributed by atoms with Crippen molar-refractivity contribution in [1.82, 2.24) is 0 Å². The first-order valence-corrected chi connectivity index (χ1v) is 13.1. The maximum atomic E-state index is 3.72. The highest BCUT2D eigenvalue weighted by Crippen LogP contribution is 2.46. The zero-order valence-electron chi connectivity index (χ0n) is 18.0. The molecule has 0 aromatic heterocycles. The highest BCUT2D eigenvalue weighted by molar-refractivity contribution is 6.87. The third kappa shape index (κ3) is 5.52. The van der Waals surface area contributed by atoms with E-state index in [9.17, 15) is 0 Å². The van der Waals surface area contributed by atoms with Crippen LogP contribution in [0.3, 0.4) is 0 Å². The minimum Gasteiger partial charge on any atom is -0.0987 e. The number of rotatable bonds is 3. The second-order valence-corrected chi connectivity index (χ2v) is 15.6. The largest absolute Gasteiger partial charge is 0.0987 e. The molecule has 0 heterocycles. The van der Waals surface area contributed by atoms with E-state index in [4.69, 9.17) is 0 Å². The van der Waals surface area contributed by atoms with E-state index in [0.29, 0.717) is 10.5 Å². The summed E-state index contributed by atoms with van der Waals surface area (Å²) in [6, 6.07) is 0. The van der Waals surface area contributed by atoms with Crippen molar-refractivity contribution in [3.63, 3.8) is 0 Å². The Morgan fingerprint density at radius 2 is 1.58 bits per heavy atom. The van der Waals surface area contributed by atoms with Crippen LogP contribution >= 0.6 is 0 Å². The normalized spacial score (nSPS) is 19.7. The summed E-state index contributed by atoms with van der Waals surface area (Å²) in [6.45, 7) is 21.8. The molecule has 0 radical (unpaired) electrons. The van der Waals surface area contributed by atoms with Gasteiger partial charge in [0.2, 0.25) is 0 Å². The Labute approximate surface area is 153 Å². The first-order chi connectivity index (χ1) is 10.9. The van der Waals surface area contributed by atoms with Crippen molar-refractivity contribution in [3.8, 4) is 11.8 Å². The molecular weight excluding hydrogens is 304 g/mol. The van der Waals surface area contributed by atoms with Gasteiger partial charge in [0.25, 0.3) is 0 Å². The molecule has 0 aromatic carbocycles. The topological polar surface area (TPSA) is 0 Å². The van der Waals surface area contributed by atoms with E-state index >= 15 is 0 Å². The quantitative estimate of drug-likeness (QED) is 0.278. The maximum absolute atomic E-state index is 3.72. The van der Waals surface area contributed by atoms with E-state index in [1.165, 1.54) is 38.5 Å². The summed E-state index contributed by atoms with van der Waals surface area (Å²) in [5, 5.41) is 1.97. The molecule has 0 N–H and O–H groups in total. The van der Waals surface area contributed by atoms with Crippen molar-refractivity contribution in [3.05, 3.63) is 10.8 Å². The van der Waals surface area contributed by atoms with Gasteiger partial charge in [-0.05, 0) is 53.7 Å². The molecule has 0 aromatic rings. The molecular formula is C23H42Si. The van der Waals surface area contributed by atoms with Crippen LogP contribution in [0.4, 0.5) is 0 Å². The van der Waals surface area contributed by atoms with E-state index in [2.05, 4.69) is 73.4 Å². The summed E-state index contributed by atoms with van der Waals surface area (Å²) in [4.78, 5) is 0. The summed E-state index contributed by atoms with van der Waals surface area (Å²) < 4.78 is 0. The molecule has 0 atom stereocenters. The Kier molecular flexibility index (Phi) is 7.42. The molecule has 0 bridgehead atoms. The lowest BCUT2D eigenvalue weighted by molar-refractivity contribution is 0.197. The molecule has 138 valence electrons. The van der Waals surface area contributed by atoms with Crippen molar-refractivity contribution in [2.45, 2.75) is 112 Å². The van der Waals surface area contributed by atoms with E-state index in [1.807, 2.05) is 0 Å². The van der Waals surface area contributed by atoms with E-state index in [0.717, 1.165) is 12.3 Å². The van der Waals surface area contributed by atoms with Crippen LogP contribution in [-0.4, -0.2) is 8.07 Å². The van der Waals surface area contributed by atoms with E-state index in [-0.39, 0.29) is 0 Å². The molecule has 1 aliphatic rings. The number of allylic oxidation sites excluding steroid dienone is 2. The third-order valence-corrected chi connectivity index (χ3v) is 12.0. The van der Waals surface area contributed by atoms with Crippen LogP contribution in [-0.2, 0) is 0 Å². The Hall–Kier alpha value is -0.483. The molecule has 1 aliphatic carbocycles. The summed E-state index contributed by atoms with van der Waals surface area (Å²) >= 11 is 0. The smallest absolute Gasteiger partial charge is 0.0966 e. The zero-order chi connectivity index (χ0) is 18.6. The van der Waals surface area contributed by atoms with Gasteiger partial charge in [-0.3, -0.25) is 0 Å². The molecule has 1 fully saturated rings. The van der Waals surface area contributed by atoms with Gasteiger partial charge in [-0.25, -0.2) is 0 Å². The van der Waals surface area contributed by atoms with Crippen LogP contribution in [0, 0.1) is 23.2 Å². The van der Waals surface area contributed by atoms with Crippen LogP contribution < -0.4 is 0 Å². The van der Waals surface area contributed by atoms with Gasteiger partial charge in [-0.15, -0.1) is 0 Å². The Morgan fingerprint density at radius 1 is 1.04 bits per heavy atom. The molecule has 1 heteroatoms. The van der Waals surface area contributed by atoms with Crippen LogP contribution in [0.2, 0.25) is 18.1 Å². The predicted octanol–water partition coefficient (Wildman–Crippen LogP) is 7.76. The summed E-state index contributed by atoms with van der Waals surface area (Å²) in [5.74, 6) is 8.12. The summed E-state index contributed by atoms with van der Waals surface area (Å²) in [5.41, 5.74) is 2.17. The van der Waals surface area contributed by atoms with Gasteiger partial charge in [0, 0.05) is 6.42 Å². The molecule has 0 saturated heterocycles. The average Bonchev–Trinajstić information content (AvgIpc) is 2.45. The van der Waals surface area contributed by atoms with E-state index in [1.54, 1.807) is 10.8 Å². The van der Waals surface area contributed by atoms with E-state index < -0.39 is 8.07 Å². The SMILES string of the molecule is CCCCC#CC(=C1CCC(C(C)(C)C)CC1)[Si](C)(C)C(C)(C)C. The summed E-state index contributed by atoms with van der Waals surface area (Å²) in [7, 11) is -1.54. The van der Waals surface area contributed by atoms with Crippen molar-refractivity contribution < 1.29 is 0 Å². The van der Waals surface area contributed by atoms with Crippen LogP contribution in [0.1, 0.15) is 93.4 Å². The standard InChI is InChI=1S/C23H42Si/c1-10-11-12-13-14-21(24(8,9)23(5,6)7)19-15-17-20(18-16-19)22(2,3)4/h20H,10-12,15-18H2,1-9H3. The fourth-order valence-electron chi connectivity index (χ4n) is 3.56. The van der Waals surface area contributed by atoms with Gasteiger partial charge in [-0.1, -0.05) is 85.4 Å². The molecule has 0 nitrogen and oxygen atoms in total. The van der Waals surface area contributed by atoms with Crippen molar-refractivity contribution in [2.24, 2.45) is 11.3 Å². The molecule has 0 unspecified atom stereocenters. The number of hydrogen-bond acceptors (Lipinski definition) is 0. The lowest BCUT2D eigenvalue weighted by Crippen LogP contribution is -2.40. The van der Waals surface area contributed by atoms with Crippen molar-refractivity contribution >= 4 is 8.07 Å². The molecule has 1 saturated carbocycles. The second-order valence-electron chi connectivity index (χ2n) is 10.4. The second kappa shape index (κ2) is 8.26.